The standard InChI is InChI=1S/C13H19N5O2S/c1-9-7-14-13(15-9)11-5-4-6-18(11)21(19,20)12-8-17(3)16-10(12)2/h7-8,11H,4-6H2,1-3H3,(H,14,15). The first-order chi connectivity index (χ1) is 9.89. The lowest BCUT2D eigenvalue weighted by Crippen LogP contribution is -2.31. The van der Waals surface area contributed by atoms with Crippen LogP contribution in [-0.4, -0.2) is 39.0 Å². The molecular weight excluding hydrogens is 290 g/mol. The van der Waals surface area contributed by atoms with Gasteiger partial charge in [0.25, 0.3) is 0 Å². The maximum Gasteiger partial charge on any atom is 0.247 e. The number of hydrogen-bond acceptors (Lipinski definition) is 4. The Morgan fingerprint density at radius 2 is 2.14 bits per heavy atom. The topological polar surface area (TPSA) is 83.9 Å². The number of sulfonamides is 1. The molecule has 1 aliphatic heterocycles. The summed E-state index contributed by atoms with van der Waals surface area (Å²) >= 11 is 0. The molecule has 1 aliphatic rings. The van der Waals surface area contributed by atoms with E-state index in [4.69, 9.17) is 0 Å². The third-order valence-corrected chi connectivity index (χ3v) is 5.81. The van der Waals surface area contributed by atoms with Crippen molar-refractivity contribution in [2.45, 2.75) is 37.6 Å². The zero-order valence-electron chi connectivity index (χ0n) is 12.4. The van der Waals surface area contributed by atoms with E-state index in [0.29, 0.717) is 12.2 Å². The third-order valence-electron chi connectivity index (χ3n) is 3.80. The number of aromatic nitrogens is 4. The molecule has 0 aromatic carbocycles. The van der Waals surface area contributed by atoms with Crippen LogP contribution in [0.25, 0.3) is 0 Å². The summed E-state index contributed by atoms with van der Waals surface area (Å²) < 4.78 is 28.8. The van der Waals surface area contributed by atoms with Gasteiger partial charge in [-0.25, -0.2) is 13.4 Å². The number of nitrogens with one attached hydrogen (secondary N) is 1. The Bertz CT molecular complexity index is 761. The van der Waals surface area contributed by atoms with Crippen LogP contribution in [-0.2, 0) is 17.1 Å². The van der Waals surface area contributed by atoms with Crippen LogP contribution in [0.2, 0.25) is 0 Å². The van der Waals surface area contributed by atoms with E-state index < -0.39 is 10.0 Å². The van der Waals surface area contributed by atoms with Crippen LogP contribution >= 0.6 is 0 Å². The number of aromatic amines is 1. The van der Waals surface area contributed by atoms with Crippen LogP contribution in [0, 0.1) is 13.8 Å². The molecule has 8 heteroatoms. The second-order valence-electron chi connectivity index (χ2n) is 5.48. The SMILES string of the molecule is Cc1cnc(C2CCCN2S(=O)(=O)c2cn(C)nc2C)[nH]1. The molecule has 1 fully saturated rings. The van der Waals surface area contributed by atoms with E-state index in [2.05, 4.69) is 15.1 Å². The predicted octanol–water partition coefficient (Wildman–Crippen LogP) is 1.29. The first-order valence-corrected chi connectivity index (χ1v) is 8.37. The van der Waals surface area contributed by atoms with Gasteiger partial charge in [0.15, 0.2) is 0 Å². The van der Waals surface area contributed by atoms with Crippen molar-refractivity contribution < 1.29 is 8.42 Å². The molecule has 2 aromatic heterocycles. The fourth-order valence-electron chi connectivity index (χ4n) is 2.86. The van der Waals surface area contributed by atoms with Crippen LogP contribution < -0.4 is 0 Å². The van der Waals surface area contributed by atoms with Crippen molar-refractivity contribution in [1.29, 1.82) is 0 Å². The Morgan fingerprint density at radius 1 is 1.38 bits per heavy atom. The zero-order valence-corrected chi connectivity index (χ0v) is 13.2. The molecule has 0 radical (unpaired) electrons. The summed E-state index contributed by atoms with van der Waals surface area (Å²) in [7, 11) is -1.82. The Labute approximate surface area is 124 Å². The highest BCUT2D eigenvalue weighted by atomic mass is 32.2. The predicted molar refractivity (Wildman–Crippen MR) is 77.1 cm³/mol. The van der Waals surface area contributed by atoms with Gasteiger partial charge in [0.1, 0.15) is 10.7 Å². The molecule has 114 valence electrons. The number of imidazole rings is 1. The molecule has 1 saturated heterocycles. The highest BCUT2D eigenvalue weighted by Gasteiger charge is 2.39. The van der Waals surface area contributed by atoms with E-state index in [1.54, 1.807) is 26.4 Å². The summed E-state index contributed by atoms with van der Waals surface area (Å²) in [6.07, 6.45) is 4.91. The lowest BCUT2D eigenvalue weighted by molar-refractivity contribution is 0.384. The molecule has 1 N–H and O–H groups in total. The minimum Gasteiger partial charge on any atom is -0.345 e. The van der Waals surface area contributed by atoms with Gasteiger partial charge in [0, 0.05) is 31.7 Å². The van der Waals surface area contributed by atoms with Gasteiger partial charge in [-0.3, -0.25) is 4.68 Å². The molecule has 0 saturated carbocycles. The summed E-state index contributed by atoms with van der Waals surface area (Å²) in [5, 5.41) is 4.14. The minimum atomic E-state index is -3.55. The Hall–Kier alpha value is -1.67. The van der Waals surface area contributed by atoms with E-state index in [1.165, 1.54) is 8.99 Å². The van der Waals surface area contributed by atoms with Crippen molar-refractivity contribution in [3.05, 3.63) is 29.6 Å². The van der Waals surface area contributed by atoms with Crippen molar-refractivity contribution in [3.63, 3.8) is 0 Å². The molecule has 0 amide bonds. The van der Waals surface area contributed by atoms with Crippen molar-refractivity contribution in [2.24, 2.45) is 7.05 Å². The average Bonchev–Trinajstić information content (AvgIpc) is 3.08. The fourth-order valence-corrected chi connectivity index (χ4v) is 4.72. The second kappa shape index (κ2) is 4.96. The maximum atomic E-state index is 12.9. The summed E-state index contributed by atoms with van der Waals surface area (Å²) in [6, 6.07) is -0.219. The van der Waals surface area contributed by atoms with Gasteiger partial charge in [-0.15, -0.1) is 0 Å². The molecule has 3 heterocycles. The van der Waals surface area contributed by atoms with Gasteiger partial charge in [-0.1, -0.05) is 0 Å². The van der Waals surface area contributed by atoms with Gasteiger partial charge in [-0.05, 0) is 26.7 Å². The molecule has 0 bridgehead atoms. The highest BCUT2D eigenvalue weighted by Crippen LogP contribution is 2.35. The van der Waals surface area contributed by atoms with Crippen LogP contribution in [0.1, 0.15) is 36.1 Å². The fraction of sp³-hybridized carbons (Fsp3) is 0.538. The molecule has 1 unspecified atom stereocenters. The third kappa shape index (κ3) is 2.38. The summed E-state index contributed by atoms with van der Waals surface area (Å²) in [4.78, 5) is 7.73. The molecule has 1 atom stereocenters. The second-order valence-corrected chi connectivity index (χ2v) is 7.34. The van der Waals surface area contributed by atoms with Crippen LogP contribution in [0.5, 0.6) is 0 Å². The highest BCUT2D eigenvalue weighted by molar-refractivity contribution is 7.89. The van der Waals surface area contributed by atoms with Gasteiger partial charge in [0.2, 0.25) is 10.0 Å². The van der Waals surface area contributed by atoms with Crippen molar-refractivity contribution in [1.82, 2.24) is 24.1 Å². The Kier molecular flexibility index (Phi) is 3.37. The molecule has 2 aromatic rings. The van der Waals surface area contributed by atoms with Crippen LogP contribution in [0.15, 0.2) is 17.3 Å². The molecule has 7 nitrogen and oxygen atoms in total. The van der Waals surface area contributed by atoms with E-state index in [-0.39, 0.29) is 10.9 Å². The summed E-state index contributed by atoms with van der Waals surface area (Å²) in [5.41, 5.74) is 1.46. The normalized spacial score (nSPS) is 20.2. The number of nitrogens with zero attached hydrogens (tertiary/aromatic N) is 4. The summed E-state index contributed by atoms with van der Waals surface area (Å²) in [6.45, 7) is 4.14. The zero-order chi connectivity index (χ0) is 15.2. The van der Waals surface area contributed by atoms with Crippen molar-refractivity contribution in [3.8, 4) is 0 Å². The minimum absolute atomic E-state index is 0.219. The Balaban J connectivity index is 2.00. The van der Waals surface area contributed by atoms with Gasteiger partial charge in [-0.2, -0.15) is 9.40 Å². The first-order valence-electron chi connectivity index (χ1n) is 6.93. The maximum absolute atomic E-state index is 12.9. The van der Waals surface area contributed by atoms with E-state index in [1.807, 2.05) is 6.92 Å². The number of aryl methyl sites for hydroxylation is 3. The van der Waals surface area contributed by atoms with E-state index in [9.17, 15) is 8.42 Å². The lowest BCUT2D eigenvalue weighted by Gasteiger charge is -2.22. The van der Waals surface area contributed by atoms with Gasteiger partial charge >= 0.3 is 0 Å². The van der Waals surface area contributed by atoms with Crippen LogP contribution in [0.4, 0.5) is 0 Å². The quantitative estimate of drug-likeness (QED) is 0.926. The molecular formula is C13H19N5O2S. The van der Waals surface area contributed by atoms with Crippen LogP contribution in [0.3, 0.4) is 0 Å². The average molecular weight is 309 g/mol. The van der Waals surface area contributed by atoms with Gasteiger partial charge < -0.3 is 4.98 Å². The van der Waals surface area contributed by atoms with Gasteiger partial charge in [0.05, 0.1) is 11.7 Å². The molecule has 0 spiro atoms. The largest absolute Gasteiger partial charge is 0.345 e. The Morgan fingerprint density at radius 3 is 2.71 bits per heavy atom. The van der Waals surface area contributed by atoms with Crippen molar-refractivity contribution >= 4 is 10.0 Å². The lowest BCUT2D eigenvalue weighted by atomic mass is 10.2. The first kappa shape index (κ1) is 14.3. The number of H-pyrrole nitrogens is 1. The molecule has 3 rings (SSSR count). The molecule has 0 aliphatic carbocycles. The van der Waals surface area contributed by atoms with E-state index in [0.717, 1.165) is 24.4 Å². The van der Waals surface area contributed by atoms with Crippen molar-refractivity contribution in [2.75, 3.05) is 6.54 Å². The monoisotopic (exact) mass is 309 g/mol. The molecule has 21 heavy (non-hydrogen) atoms. The smallest absolute Gasteiger partial charge is 0.247 e. The number of rotatable bonds is 3. The van der Waals surface area contributed by atoms with E-state index >= 15 is 0 Å². The summed E-state index contributed by atoms with van der Waals surface area (Å²) in [5.74, 6) is 0.718. The number of hydrogen-bond donors (Lipinski definition) is 1.